The molecule has 1 aromatic rings. The number of ether oxygens (including phenoxy) is 1. The largest absolute Gasteiger partial charge is 0.376 e. The molecule has 2 unspecified atom stereocenters. The van der Waals surface area contributed by atoms with E-state index in [1.807, 2.05) is 37.3 Å². The Morgan fingerprint density at radius 2 is 2.22 bits per heavy atom. The van der Waals surface area contributed by atoms with Crippen molar-refractivity contribution < 1.29 is 4.74 Å². The van der Waals surface area contributed by atoms with Crippen LogP contribution in [0.25, 0.3) is 0 Å². The lowest BCUT2D eigenvalue weighted by molar-refractivity contribution is -0.0226. The third kappa shape index (κ3) is 2.88. The van der Waals surface area contributed by atoms with Gasteiger partial charge in [-0.1, -0.05) is 30.3 Å². The number of nitriles is 1. The molecule has 1 aliphatic rings. The minimum Gasteiger partial charge on any atom is -0.376 e. The molecule has 4 nitrogen and oxygen atoms in total. The first-order chi connectivity index (χ1) is 8.64. The molecule has 0 spiro atoms. The van der Waals surface area contributed by atoms with Gasteiger partial charge in [0.15, 0.2) is 0 Å². The summed E-state index contributed by atoms with van der Waals surface area (Å²) >= 11 is 0. The van der Waals surface area contributed by atoms with Crippen LogP contribution in [0.2, 0.25) is 0 Å². The summed E-state index contributed by atoms with van der Waals surface area (Å²) in [6.07, 6.45) is 0.206. The molecule has 1 fully saturated rings. The van der Waals surface area contributed by atoms with Gasteiger partial charge < -0.3 is 10.5 Å². The number of rotatable bonds is 3. The van der Waals surface area contributed by atoms with E-state index < -0.39 is 5.54 Å². The first-order valence-electron chi connectivity index (χ1n) is 6.24. The van der Waals surface area contributed by atoms with Crippen LogP contribution in [0.4, 0.5) is 0 Å². The fourth-order valence-electron chi connectivity index (χ4n) is 2.31. The predicted molar refractivity (Wildman–Crippen MR) is 69.8 cm³/mol. The Kier molecular flexibility index (Phi) is 3.97. The zero-order valence-corrected chi connectivity index (χ0v) is 10.7. The summed E-state index contributed by atoms with van der Waals surface area (Å²) in [6, 6.07) is 11.8. The maximum absolute atomic E-state index is 9.40. The van der Waals surface area contributed by atoms with Crippen molar-refractivity contribution in [3.8, 4) is 6.07 Å². The molecule has 0 saturated carbocycles. The van der Waals surface area contributed by atoms with Crippen LogP contribution in [-0.4, -0.2) is 37.2 Å². The molecule has 1 aromatic carbocycles. The van der Waals surface area contributed by atoms with Gasteiger partial charge in [-0.2, -0.15) is 5.26 Å². The first-order valence-corrected chi connectivity index (χ1v) is 6.24. The highest BCUT2D eigenvalue weighted by Gasteiger charge is 2.31. The van der Waals surface area contributed by atoms with Crippen LogP contribution in [0.5, 0.6) is 0 Å². The average Bonchev–Trinajstić information content (AvgIpc) is 2.39. The SMILES string of the molecule is CC1CN(CC(N)(C#N)c2ccccc2)CCO1. The van der Waals surface area contributed by atoms with Crippen molar-refractivity contribution in [2.45, 2.75) is 18.6 Å². The molecule has 1 aliphatic heterocycles. The fourth-order valence-corrected chi connectivity index (χ4v) is 2.31. The minimum absolute atomic E-state index is 0.206. The van der Waals surface area contributed by atoms with E-state index in [-0.39, 0.29) is 6.10 Å². The Labute approximate surface area is 108 Å². The van der Waals surface area contributed by atoms with E-state index in [1.54, 1.807) is 0 Å². The van der Waals surface area contributed by atoms with Crippen LogP contribution < -0.4 is 5.73 Å². The van der Waals surface area contributed by atoms with Crippen molar-refractivity contribution in [2.24, 2.45) is 5.73 Å². The lowest BCUT2D eigenvalue weighted by Gasteiger charge is -2.35. The highest BCUT2D eigenvalue weighted by atomic mass is 16.5. The number of morpholine rings is 1. The molecule has 1 heterocycles. The Hall–Kier alpha value is -1.41. The number of nitrogens with zero attached hydrogens (tertiary/aromatic N) is 2. The molecule has 0 bridgehead atoms. The molecular formula is C14H19N3O. The highest BCUT2D eigenvalue weighted by molar-refractivity contribution is 5.31. The van der Waals surface area contributed by atoms with Crippen molar-refractivity contribution in [2.75, 3.05) is 26.2 Å². The van der Waals surface area contributed by atoms with Gasteiger partial charge in [-0.05, 0) is 12.5 Å². The summed E-state index contributed by atoms with van der Waals surface area (Å²) in [7, 11) is 0. The summed E-state index contributed by atoms with van der Waals surface area (Å²) < 4.78 is 5.50. The minimum atomic E-state index is -0.946. The van der Waals surface area contributed by atoms with Crippen molar-refractivity contribution in [3.63, 3.8) is 0 Å². The van der Waals surface area contributed by atoms with Crippen molar-refractivity contribution in [3.05, 3.63) is 35.9 Å². The zero-order valence-electron chi connectivity index (χ0n) is 10.7. The molecule has 1 saturated heterocycles. The summed E-state index contributed by atoms with van der Waals surface area (Å²) in [5, 5.41) is 9.40. The molecule has 4 heteroatoms. The lowest BCUT2D eigenvalue weighted by Crippen LogP contribution is -2.51. The van der Waals surface area contributed by atoms with E-state index in [0.29, 0.717) is 13.2 Å². The second-order valence-corrected chi connectivity index (χ2v) is 4.87. The number of benzene rings is 1. The lowest BCUT2D eigenvalue weighted by atomic mass is 9.91. The number of nitrogens with two attached hydrogens (primary N) is 1. The van der Waals surface area contributed by atoms with Crippen LogP contribution in [0.1, 0.15) is 12.5 Å². The molecule has 0 aliphatic carbocycles. The molecule has 2 atom stereocenters. The predicted octanol–water partition coefficient (Wildman–Crippen LogP) is 1.08. The van der Waals surface area contributed by atoms with Gasteiger partial charge in [-0.15, -0.1) is 0 Å². The number of hydrogen-bond donors (Lipinski definition) is 1. The average molecular weight is 245 g/mol. The van der Waals surface area contributed by atoms with E-state index in [2.05, 4.69) is 11.0 Å². The molecule has 0 amide bonds. The summed E-state index contributed by atoms with van der Waals surface area (Å²) in [5.74, 6) is 0. The Morgan fingerprint density at radius 3 is 2.83 bits per heavy atom. The normalized spacial score (nSPS) is 24.2. The van der Waals surface area contributed by atoms with E-state index in [1.165, 1.54) is 0 Å². The van der Waals surface area contributed by atoms with Gasteiger partial charge in [-0.25, -0.2) is 0 Å². The van der Waals surface area contributed by atoms with E-state index >= 15 is 0 Å². The Balaban J connectivity index is 2.11. The van der Waals surface area contributed by atoms with Crippen molar-refractivity contribution in [1.82, 2.24) is 4.90 Å². The van der Waals surface area contributed by atoms with Gasteiger partial charge in [0, 0.05) is 19.6 Å². The molecule has 2 N–H and O–H groups in total. The van der Waals surface area contributed by atoms with Crippen LogP contribution in [-0.2, 0) is 10.3 Å². The van der Waals surface area contributed by atoms with Crippen LogP contribution in [0.3, 0.4) is 0 Å². The van der Waals surface area contributed by atoms with Gasteiger partial charge in [0.2, 0.25) is 0 Å². The Morgan fingerprint density at radius 1 is 1.50 bits per heavy atom. The van der Waals surface area contributed by atoms with E-state index in [4.69, 9.17) is 10.5 Å². The van der Waals surface area contributed by atoms with Crippen LogP contribution in [0.15, 0.2) is 30.3 Å². The summed E-state index contributed by atoms with van der Waals surface area (Å²) in [4.78, 5) is 2.20. The van der Waals surface area contributed by atoms with E-state index in [9.17, 15) is 5.26 Å². The standard InChI is InChI=1S/C14H19N3O/c1-12-9-17(7-8-18-12)11-14(16,10-15)13-5-3-2-4-6-13/h2-6,12H,7-9,11,16H2,1H3. The zero-order chi connectivity index (χ0) is 13.0. The third-order valence-electron chi connectivity index (χ3n) is 3.29. The number of hydrogen-bond acceptors (Lipinski definition) is 4. The van der Waals surface area contributed by atoms with Crippen molar-refractivity contribution >= 4 is 0 Å². The third-order valence-corrected chi connectivity index (χ3v) is 3.29. The van der Waals surface area contributed by atoms with Crippen molar-refractivity contribution in [1.29, 1.82) is 5.26 Å². The molecule has 2 rings (SSSR count). The molecule has 0 radical (unpaired) electrons. The first kappa shape index (κ1) is 13.0. The second kappa shape index (κ2) is 5.49. The molecule has 18 heavy (non-hydrogen) atoms. The van der Waals surface area contributed by atoms with Gasteiger partial charge in [0.1, 0.15) is 5.54 Å². The fraction of sp³-hybridized carbons (Fsp3) is 0.500. The molecular weight excluding hydrogens is 226 g/mol. The van der Waals surface area contributed by atoms with Crippen LogP contribution in [0, 0.1) is 11.3 Å². The van der Waals surface area contributed by atoms with E-state index in [0.717, 1.165) is 18.7 Å². The topological polar surface area (TPSA) is 62.3 Å². The highest BCUT2D eigenvalue weighted by Crippen LogP contribution is 2.20. The second-order valence-electron chi connectivity index (χ2n) is 4.87. The molecule has 96 valence electrons. The van der Waals surface area contributed by atoms with Gasteiger partial charge in [0.25, 0.3) is 0 Å². The monoisotopic (exact) mass is 245 g/mol. The quantitative estimate of drug-likeness (QED) is 0.865. The van der Waals surface area contributed by atoms with Gasteiger partial charge >= 0.3 is 0 Å². The van der Waals surface area contributed by atoms with Gasteiger partial charge in [0.05, 0.1) is 18.8 Å². The smallest absolute Gasteiger partial charge is 0.142 e. The maximum atomic E-state index is 9.40. The summed E-state index contributed by atoms with van der Waals surface area (Å²) in [5.41, 5.74) is 6.17. The summed E-state index contributed by atoms with van der Waals surface area (Å²) in [6.45, 7) is 4.95. The van der Waals surface area contributed by atoms with Crippen LogP contribution >= 0.6 is 0 Å². The van der Waals surface area contributed by atoms with Gasteiger partial charge in [-0.3, -0.25) is 4.90 Å². The maximum Gasteiger partial charge on any atom is 0.142 e. The Bertz CT molecular complexity index is 428. The molecule has 0 aromatic heterocycles.